The van der Waals surface area contributed by atoms with Gasteiger partial charge in [-0.3, -0.25) is 4.98 Å². The third-order valence-corrected chi connectivity index (χ3v) is 3.70. The zero-order valence-electron chi connectivity index (χ0n) is 12.6. The molecule has 2 nitrogen and oxygen atoms in total. The Balaban J connectivity index is 1.74. The second kappa shape index (κ2) is 6.06. The Labute approximate surface area is 125 Å². The molecule has 21 heavy (non-hydrogen) atoms. The Kier molecular flexibility index (Phi) is 3.98. The van der Waals surface area contributed by atoms with Crippen molar-refractivity contribution in [3.05, 3.63) is 77.0 Å². The first-order valence-electron chi connectivity index (χ1n) is 7.34. The summed E-state index contributed by atoms with van der Waals surface area (Å²) >= 11 is 0. The molecule has 1 N–H and O–H groups in total. The van der Waals surface area contributed by atoms with E-state index in [1.807, 2.05) is 6.07 Å². The van der Waals surface area contributed by atoms with Gasteiger partial charge in [-0.1, -0.05) is 48.0 Å². The van der Waals surface area contributed by atoms with Gasteiger partial charge in [0.25, 0.3) is 0 Å². The van der Waals surface area contributed by atoms with Gasteiger partial charge in [-0.25, -0.2) is 0 Å². The van der Waals surface area contributed by atoms with E-state index in [-0.39, 0.29) is 0 Å². The molecule has 0 amide bonds. The zero-order chi connectivity index (χ0) is 14.7. The smallest absolute Gasteiger partial charge is 0.0708 e. The van der Waals surface area contributed by atoms with Gasteiger partial charge in [0.05, 0.1) is 5.52 Å². The van der Waals surface area contributed by atoms with Crippen LogP contribution in [-0.2, 0) is 13.1 Å². The number of nitrogens with one attached hydrogen (secondary N) is 1. The first-order valence-corrected chi connectivity index (χ1v) is 7.34. The lowest BCUT2D eigenvalue weighted by molar-refractivity contribution is 0.695. The van der Waals surface area contributed by atoms with Crippen LogP contribution in [0.2, 0.25) is 0 Å². The summed E-state index contributed by atoms with van der Waals surface area (Å²) in [5.74, 6) is 0. The summed E-state index contributed by atoms with van der Waals surface area (Å²) in [6.07, 6.45) is 0. The van der Waals surface area contributed by atoms with Gasteiger partial charge in [0, 0.05) is 24.2 Å². The third kappa shape index (κ3) is 3.29. The highest BCUT2D eigenvalue weighted by molar-refractivity contribution is 5.82. The first kappa shape index (κ1) is 13.8. The topological polar surface area (TPSA) is 24.9 Å². The Bertz CT molecular complexity index is 745. The van der Waals surface area contributed by atoms with E-state index in [1.54, 1.807) is 0 Å². The average Bonchev–Trinajstić information content (AvgIpc) is 2.49. The van der Waals surface area contributed by atoms with E-state index in [0.29, 0.717) is 0 Å². The summed E-state index contributed by atoms with van der Waals surface area (Å²) in [4.78, 5) is 4.58. The predicted molar refractivity (Wildman–Crippen MR) is 88.2 cm³/mol. The fourth-order valence-corrected chi connectivity index (χ4v) is 2.59. The summed E-state index contributed by atoms with van der Waals surface area (Å²) in [6, 6.07) is 19.2. The highest BCUT2D eigenvalue weighted by Crippen LogP contribution is 2.18. The van der Waals surface area contributed by atoms with Gasteiger partial charge in [-0.2, -0.15) is 0 Å². The largest absolute Gasteiger partial charge is 0.309 e. The van der Waals surface area contributed by atoms with E-state index < -0.39 is 0 Å². The van der Waals surface area contributed by atoms with Crippen molar-refractivity contribution in [2.45, 2.75) is 26.9 Å². The van der Waals surface area contributed by atoms with Crippen molar-refractivity contribution in [3.8, 4) is 0 Å². The van der Waals surface area contributed by atoms with Crippen molar-refractivity contribution in [2.24, 2.45) is 0 Å². The second-order valence-electron chi connectivity index (χ2n) is 5.53. The van der Waals surface area contributed by atoms with Crippen LogP contribution in [0.3, 0.4) is 0 Å². The van der Waals surface area contributed by atoms with Gasteiger partial charge in [0.1, 0.15) is 0 Å². The molecule has 1 aromatic heterocycles. The number of fused-ring (bicyclic) bond motifs is 1. The maximum atomic E-state index is 4.58. The molecule has 0 aliphatic carbocycles. The molecule has 106 valence electrons. The Hall–Kier alpha value is -2.19. The molecule has 0 radical (unpaired) electrons. The van der Waals surface area contributed by atoms with Gasteiger partial charge in [-0.05, 0) is 37.1 Å². The van der Waals surface area contributed by atoms with Gasteiger partial charge >= 0.3 is 0 Å². The number of para-hydroxylation sites is 1. The van der Waals surface area contributed by atoms with Crippen molar-refractivity contribution >= 4 is 10.9 Å². The average molecular weight is 276 g/mol. The van der Waals surface area contributed by atoms with E-state index in [0.717, 1.165) is 24.3 Å². The van der Waals surface area contributed by atoms with Crippen LogP contribution in [-0.4, -0.2) is 4.98 Å². The van der Waals surface area contributed by atoms with Gasteiger partial charge < -0.3 is 5.32 Å². The molecule has 1 heterocycles. The fourth-order valence-electron chi connectivity index (χ4n) is 2.59. The minimum Gasteiger partial charge on any atom is -0.309 e. The van der Waals surface area contributed by atoms with Crippen molar-refractivity contribution in [2.75, 3.05) is 0 Å². The van der Waals surface area contributed by atoms with Crippen LogP contribution in [0.4, 0.5) is 0 Å². The highest BCUT2D eigenvalue weighted by atomic mass is 14.8. The number of pyridine rings is 1. The molecule has 0 spiro atoms. The van der Waals surface area contributed by atoms with Crippen LogP contribution >= 0.6 is 0 Å². The van der Waals surface area contributed by atoms with E-state index in [4.69, 9.17) is 0 Å². The van der Waals surface area contributed by atoms with Crippen molar-refractivity contribution in [3.63, 3.8) is 0 Å². The molecule has 0 aliphatic rings. The van der Waals surface area contributed by atoms with Crippen LogP contribution < -0.4 is 5.32 Å². The van der Waals surface area contributed by atoms with Crippen molar-refractivity contribution < 1.29 is 0 Å². The van der Waals surface area contributed by atoms with Gasteiger partial charge in [0.2, 0.25) is 0 Å². The molecule has 0 aliphatic heterocycles. The number of hydrogen-bond donors (Lipinski definition) is 1. The third-order valence-electron chi connectivity index (χ3n) is 3.70. The van der Waals surface area contributed by atoms with E-state index in [9.17, 15) is 0 Å². The number of aromatic nitrogens is 1. The zero-order valence-corrected chi connectivity index (χ0v) is 12.6. The van der Waals surface area contributed by atoms with Gasteiger partial charge in [0.15, 0.2) is 0 Å². The Morgan fingerprint density at radius 3 is 2.48 bits per heavy atom. The predicted octanol–water partition coefficient (Wildman–Crippen LogP) is 4.14. The Morgan fingerprint density at radius 1 is 0.905 bits per heavy atom. The maximum absolute atomic E-state index is 4.58. The molecule has 0 fully saturated rings. The Morgan fingerprint density at radius 2 is 1.67 bits per heavy atom. The molecular formula is C19H20N2. The summed E-state index contributed by atoms with van der Waals surface area (Å²) in [5.41, 5.74) is 6.07. The number of benzene rings is 2. The molecule has 2 aromatic carbocycles. The summed E-state index contributed by atoms with van der Waals surface area (Å²) in [5, 5.41) is 4.76. The SMILES string of the molecule is Cc1ccc(CNCc2cc(C)nc3ccccc23)cc1. The number of hydrogen-bond acceptors (Lipinski definition) is 2. The van der Waals surface area contributed by atoms with Crippen LogP contribution in [0.1, 0.15) is 22.4 Å². The van der Waals surface area contributed by atoms with Crippen LogP contribution in [0.25, 0.3) is 10.9 Å². The minimum atomic E-state index is 0.859. The molecule has 0 unspecified atom stereocenters. The summed E-state index contributed by atoms with van der Waals surface area (Å²) in [7, 11) is 0. The van der Waals surface area contributed by atoms with E-state index in [2.05, 4.69) is 72.7 Å². The molecular weight excluding hydrogens is 256 g/mol. The fraction of sp³-hybridized carbons (Fsp3) is 0.211. The second-order valence-corrected chi connectivity index (χ2v) is 5.53. The van der Waals surface area contributed by atoms with Crippen LogP contribution in [0.5, 0.6) is 0 Å². The first-order chi connectivity index (χ1) is 10.2. The van der Waals surface area contributed by atoms with Crippen molar-refractivity contribution in [1.29, 1.82) is 0 Å². The minimum absolute atomic E-state index is 0.859. The normalized spacial score (nSPS) is 11.0. The monoisotopic (exact) mass is 276 g/mol. The molecule has 0 saturated heterocycles. The highest BCUT2D eigenvalue weighted by Gasteiger charge is 2.03. The molecule has 0 saturated carbocycles. The van der Waals surface area contributed by atoms with Crippen LogP contribution in [0.15, 0.2) is 54.6 Å². The number of aryl methyl sites for hydroxylation is 2. The quantitative estimate of drug-likeness (QED) is 0.774. The maximum Gasteiger partial charge on any atom is 0.0708 e. The number of rotatable bonds is 4. The van der Waals surface area contributed by atoms with Crippen molar-refractivity contribution in [1.82, 2.24) is 10.3 Å². The molecule has 2 heteroatoms. The lowest BCUT2D eigenvalue weighted by Gasteiger charge is -2.09. The molecule has 0 atom stereocenters. The lowest BCUT2D eigenvalue weighted by Crippen LogP contribution is -2.13. The standard InChI is InChI=1S/C19H20N2/c1-14-7-9-16(10-8-14)12-20-13-17-11-15(2)21-19-6-4-3-5-18(17)19/h3-11,20H,12-13H2,1-2H3. The molecule has 3 rings (SSSR count). The summed E-state index contributed by atoms with van der Waals surface area (Å²) in [6.45, 7) is 5.91. The molecule has 3 aromatic rings. The molecule has 0 bridgehead atoms. The summed E-state index contributed by atoms with van der Waals surface area (Å²) < 4.78 is 0. The van der Waals surface area contributed by atoms with Gasteiger partial charge in [-0.15, -0.1) is 0 Å². The number of nitrogens with zero attached hydrogens (tertiary/aromatic N) is 1. The lowest BCUT2D eigenvalue weighted by atomic mass is 10.1. The van der Waals surface area contributed by atoms with E-state index >= 15 is 0 Å². The van der Waals surface area contributed by atoms with E-state index in [1.165, 1.54) is 22.1 Å². The van der Waals surface area contributed by atoms with Crippen LogP contribution in [0, 0.1) is 13.8 Å².